The first-order valence-electron chi connectivity index (χ1n) is 5.47. The van der Waals surface area contributed by atoms with Crippen molar-refractivity contribution >= 4 is 29.2 Å². The number of carboxylic acids is 1. The Bertz CT molecular complexity index is 503. The van der Waals surface area contributed by atoms with E-state index in [0.29, 0.717) is 17.3 Å². The molecule has 0 saturated carbocycles. The van der Waals surface area contributed by atoms with Crippen LogP contribution in [0.5, 0.6) is 0 Å². The van der Waals surface area contributed by atoms with Crippen molar-refractivity contribution in [3.8, 4) is 0 Å². The summed E-state index contributed by atoms with van der Waals surface area (Å²) in [5, 5.41) is 18.3. The lowest BCUT2D eigenvalue weighted by Crippen LogP contribution is -2.25. The Morgan fingerprint density at radius 1 is 1.50 bits per heavy atom. The van der Waals surface area contributed by atoms with E-state index >= 15 is 0 Å². The Kier molecular flexibility index (Phi) is 3.54. The Morgan fingerprint density at radius 3 is 2.78 bits per heavy atom. The molecule has 1 heterocycles. The van der Waals surface area contributed by atoms with Gasteiger partial charge in [0.15, 0.2) is 0 Å². The summed E-state index contributed by atoms with van der Waals surface area (Å²) in [7, 11) is 0. The fraction of sp³-hybridized carbons (Fsp3) is 0.333. The van der Waals surface area contributed by atoms with Gasteiger partial charge in [-0.2, -0.15) is 0 Å². The number of aliphatic hydroxyl groups is 1. The number of aromatic carboxylic acids is 1. The zero-order chi connectivity index (χ0) is 13.3. The van der Waals surface area contributed by atoms with Crippen LogP contribution in [0.2, 0.25) is 5.02 Å². The minimum absolute atomic E-state index is 0.0710. The number of aliphatic hydroxyl groups excluding tert-OH is 1. The number of anilines is 1. The quantitative estimate of drug-likeness (QED) is 0.869. The third-order valence-electron chi connectivity index (χ3n) is 2.95. The summed E-state index contributed by atoms with van der Waals surface area (Å²) in [5.74, 6) is -1.35. The summed E-state index contributed by atoms with van der Waals surface area (Å²) in [6.45, 7) is 0.288. The number of nitrogens with zero attached hydrogens (tertiary/aromatic N) is 1. The molecule has 1 aromatic rings. The van der Waals surface area contributed by atoms with Gasteiger partial charge in [-0.3, -0.25) is 4.79 Å². The van der Waals surface area contributed by atoms with Crippen LogP contribution in [0.4, 0.5) is 5.69 Å². The number of halogens is 1. The van der Waals surface area contributed by atoms with Gasteiger partial charge in [0, 0.05) is 25.5 Å². The molecular formula is C12H12ClNO4. The molecule has 1 amide bonds. The Hall–Kier alpha value is -1.59. The van der Waals surface area contributed by atoms with Gasteiger partial charge in [-0.15, -0.1) is 0 Å². The molecule has 0 radical (unpaired) electrons. The highest BCUT2D eigenvalue weighted by atomic mass is 35.5. The van der Waals surface area contributed by atoms with Crippen LogP contribution in [0.3, 0.4) is 0 Å². The second-order valence-electron chi connectivity index (χ2n) is 4.23. The van der Waals surface area contributed by atoms with Crippen LogP contribution in [0.15, 0.2) is 18.2 Å². The van der Waals surface area contributed by atoms with Crippen molar-refractivity contribution in [1.29, 1.82) is 0 Å². The van der Waals surface area contributed by atoms with Crippen LogP contribution in [-0.4, -0.2) is 35.2 Å². The van der Waals surface area contributed by atoms with Crippen molar-refractivity contribution in [1.82, 2.24) is 0 Å². The number of carbonyl (C=O) groups is 2. The van der Waals surface area contributed by atoms with E-state index in [4.69, 9.17) is 21.8 Å². The SMILES string of the molecule is O=C(O)c1ccc(Cl)c(N2CC(CO)CC2=O)c1. The largest absolute Gasteiger partial charge is 0.478 e. The lowest BCUT2D eigenvalue weighted by Gasteiger charge is -2.18. The van der Waals surface area contributed by atoms with Crippen molar-refractivity contribution in [2.75, 3.05) is 18.1 Å². The molecule has 6 heteroatoms. The van der Waals surface area contributed by atoms with Crippen molar-refractivity contribution in [3.63, 3.8) is 0 Å². The maximum atomic E-state index is 11.8. The first-order valence-corrected chi connectivity index (χ1v) is 5.84. The fourth-order valence-electron chi connectivity index (χ4n) is 1.99. The van der Waals surface area contributed by atoms with E-state index in [9.17, 15) is 9.59 Å². The van der Waals surface area contributed by atoms with Gasteiger partial charge in [0.2, 0.25) is 5.91 Å². The van der Waals surface area contributed by atoms with E-state index in [0.717, 1.165) is 0 Å². The van der Waals surface area contributed by atoms with Gasteiger partial charge in [0.1, 0.15) is 0 Å². The van der Waals surface area contributed by atoms with E-state index in [1.165, 1.54) is 23.1 Å². The highest BCUT2D eigenvalue weighted by molar-refractivity contribution is 6.34. The molecule has 96 valence electrons. The Morgan fingerprint density at radius 2 is 2.22 bits per heavy atom. The maximum Gasteiger partial charge on any atom is 0.335 e. The molecule has 0 spiro atoms. The van der Waals surface area contributed by atoms with E-state index in [2.05, 4.69) is 0 Å². The van der Waals surface area contributed by atoms with Crippen molar-refractivity contribution in [3.05, 3.63) is 28.8 Å². The molecular weight excluding hydrogens is 258 g/mol. The van der Waals surface area contributed by atoms with Crippen LogP contribution in [-0.2, 0) is 4.79 Å². The van der Waals surface area contributed by atoms with Crippen molar-refractivity contribution in [2.45, 2.75) is 6.42 Å². The molecule has 18 heavy (non-hydrogen) atoms. The second-order valence-corrected chi connectivity index (χ2v) is 4.64. The fourth-order valence-corrected chi connectivity index (χ4v) is 2.21. The van der Waals surface area contributed by atoms with Gasteiger partial charge in [0.25, 0.3) is 0 Å². The summed E-state index contributed by atoms with van der Waals surface area (Å²) < 4.78 is 0. The summed E-state index contributed by atoms with van der Waals surface area (Å²) >= 11 is 5.99. The van der Waals surface area contributed by atoms with Gasteiger partial charge >= 0.3 is 5.97 Å². The molecule has 5 nitrogen and oxygen atoms in total. The highest BCUT2D eigenvalue weighted by Gasteiger charge is 2.31. The monoisotopic (exact) mass is 269 g/mol. The van der Waals surface area contributed by atoms with Crippen LogP contribution in [0, 0.1) is 5.92 Å². The van der Waals surface area contributed by atoms with E-state index in [1.54, 1.807) is 0 Å². The van der Waals surface area contributed by atoms with Crippen LogP contribution in [0.25, 0.3) is 0 Å². The van der Waals surface area contributed by atoms with E-state index in [1.807, 2.05) is 0 Å². The van der Waals surface area contributed by atoms with Gasteiger partial charge in [-0.05, 0) is 18.2 Å². The number of rotatable bonds is 3. The number of hydrogen-bond acceptors (Lipinski definition) is 3. The smallest absolute Gasteiger partial charge is 0.335 e. The van der Waals surface area contributed by atoms with Gasteiger partial charge in [-0.1, -0.05) is 11.6 Å². The minimum Gasteiger partial charge on any atom is -0.478 e. The first-order chi connectivity index (χ1) is 8.52. The number of hydrogen-bond donors (Lipinski definition) is 2. The lowest BCUT2D eigenvalue weighted by molar-refractivity contribution is -0.117. The Labute approximate surface area is 109 Å². The second kappa shape index (κ2) is 4.96. The molecule has 1 unspecified atom stereocenters. The highest BCUT2D eigenvalue weighted by Crippen LogP contribution is 2.32. The molecule has 1 saturated heterocycles. The maximum absolute atomic E-state index is 11.8. The van der Waals surface area contributed by atoms with Crippen LogP contribution >= 0.6 is 11.6 Å². The summed E-state index contributed by atoms with van der Waals surface area (Å²) in [4.78, 5) is 24.1. The van der Waals surface area contributed by atoms with Crippen molar-refractivity contribution < 1.29 is 19.8 Å². The van der Waals surface area contributed by atoms with Gasteiger partial charge in [0.05, 0.1) is 16.3 Å². The van der Waals surface area contributed by atoms with Gasteiger partial charge < -0.3 is 15.1 Å². The molecule has 0 aliphatic carbocycles. The standard InChI is InChI=1S/C12H12ClNO4/c13-9-2-1-8(12(17)18)4-10(9)14-5-7(6-15)3-11(14)16/h1-2,4,7,15H,3,5-6H2,(H,17,18). The van der Waals surface area contributed by atoms with E-state index < -0.39 is 5.97 Å². The van der Waals surface area contributed by atoms with Crippen molar-refractivity contribution in [2.24, 2.45) is 5.92 Å². The zero-order valence-electron chi connectivity index (χ0n) is 9.47. The predicted molar refractivity (Wildman–Crippen MR) is 66.0 cm³/mol. The van der Waals surface area contributed by atoms with Gasteiger partial charge in [-0.25, -0.2) is 4.79 Å². The average molecular weight is 270 g/mol. The van der Waals surface area contributed by atoms with Crippen LogP contribution in [0.1, 0.15) is 16.8 Å². The predicted octanol–water partition coefficient (Wildman–Crippen LogP) is 1.38. The molecule has 1 aromatic carbocycles. The molecule has 1 atom stereocenters. The zero-order valence-corrected chi connectivity index (χ0v) is 10.2. The minimum atomic E-state index is -1.07. The molecule has 1 fully saturated rings. The first kappa shape index (κ1) is 12.9. The summed E-state index contributed by atoms with van der Waals surface area (Å²) in [6.07, 6.45) is 0.254. The van der Waals surface area contributed by atoms with E-state index in [-0.39, 0.29) is 30.4 Å². The summed E-state index contributed by atoms with van der Waals surface area (Å²) in [5.41, 5.74) is 0.465. The number of amides is 1. The summed E-state index contributed by atoms with van der Waals surface area (Å²) in [6, 6.07) is 4.22. The third-order valence-corrected chi connectivity index (χ3v) is 3.27. The number of carboxylic acid groups (broad SMARTS) is 1. The number of benzene rings is 1. The molecule has 1 aliphatic heterocycles. The Balaban J connectivity index is 2.35. The molecule has 0 aromatic heterocycles. The topological polar surface area (TPSA) is 77.8 Å². The molecule has 2 N–H and O–H groups in total. The molecule has 0 bridgehead atoms. The van der Waals surface area contributed by atoms with Crippen LogP contribution < -0.4 is 4.90 Å². The lowest BCUT2D eigenvalue weighted by atomic mass is 10.1. The normalized spacial score (nSPS) is 19.3. The third kappa shape index (κ3) is 2.32. The molecule has 1 aliphatic rings. The molecule has 2 rings (SSSR count). The average Bonchev–Trinajstić information content (AvgIpc) is 2.71. The number of carbonyl (C=O) groups excluding carboxylic acids is 1.